The molecule has 3 saturated heterocycles. The lowest BCUT2D eigenvalue weighted by atomic mass is 10.3. The van der Waals surface area contributed by atoms with Crippen molar-refractivity contribution in [2.24, 2.45) is 0 Å². The fourth-order valence-electron chi connectivity index (χ4n) is 3.21. The van der Waals surface area contributed by atoms with Crippen molar-refractivity contribution < 1.29 is 27.7 Å². The number of likely N-dealkylation sites (N-methyl/N-ethyl adjacent to an activating group) is 2. The highest BCUT2D eigenvalue weighted by atomic mass is 28.4. The maximum Gasteiger partial charge on any atom is 0.501 e. The number of fused-ring (bicyclic) bond motifs is 6. The summed E-state index contributed by atoms with van der Waals surface area (Å²) in [6, 6.07) is 0.842. The molecule has 0 N–H and O–H groups in total. The number of carbonyl (C=O) groups excluding carboxylic acids is 1. The maximum absolute atomic E-state index is 10.8. The molecule has 25 heavy (non-hydrogen) atoms. The highest BCUT2D eigenvalue weighted by molar-refractivity contribution is 6.60. The molecule has 0 aromatic carbocycles. The van der Waals surface area contributed by atoms with Gasteiger partial charge in [0.05, 0.1) is 46.4 Å². The standard InChI is InChI=1S/C16H33N3O5Si/c1-17(6-10-19(2,3)15-16(20)21)5-4-14-25-22-11-7-18(8-12-23-25)9-13-24-25/h4-15H2,1-3H3. The molecule has 0 radical (unpaired) electrons. The van der Waals surface area contributed by atoms with Gasteiger partial charge in [0, 0.05) is 32.2 Å². The lowest BCUT2D eigenvalue weighted by Gasteiger charge is -2.38. The Morgan fingerprint density at radius 3 is 2.20 bits per heavy atom. The molecule has 2 bridgehead atoms. The fraction of sp³-hybridized carbons (Fsp3) is 0.938. The normalized spacial score (nSPS) is 27.8. The number of aliphatic carboxylic acids is 1. The quantitative estimate of drug-likeness (QED) is 0.357. The molecule has 3 aliphatic rings. The van der Waals surface area contributed by atoms with Crippen molar-refractivity contribution in [2.75, 3.05) is 86.8 Å². The molecule has 0 unspecified atom stereocenters. The molecule has 0 spiro atoms. The molecule has 0 aromatic heterocycles. The van der Waals surface area contributed by atoms with Crippen molar-refractivity contribution in [3.8, 4) is 0 Å². The summed E-state index contributed by atoms with van der Waals surface area (Å²) < 4.78 is 18.5. The zero-order chi connectivity index (χ0) is 18.3. The van der Waals surface area contributed by atoms with Crippen LogP contribution < -0.4 is 5.11 Å². The van der Waals surface area contributed by atoms with Crippen molar-refractivity contribution >= 4 is 14.8 Å². The summed E-state index contributed by atoms with van der Waals surface area (Å²) in [7, 11) is 3.37. The third-order valence-corrected chi connectivity index (χ3v) is 7.75. The molecule has 3 rings (SSSR count). The number of hydrogen-bond acceptors (Lipinski definition) is 7. The Hall–Kier alpha value is -0.553. The number of carbonyl (C=O) groups is 1. The molecule has 146 valence electrons. The highest BCUT2D eigenvalue weighted by Gasteiger charge is 2.43. The minimum absolute atomic E-state index is 0.0381. The first-order valence-electron chi connectivity index (χ1n) is 9.15. The molecule has 3 heterocycles. The first-order chi connectivity index (χ1) is 11.8. The molecule has 0 aliphatic carbocycles. The molecular weight excluding hydrogens is 342 g/mol. The molecule has 9 heteroatoms. The van der Waals surface area contributed by atoms with Crippen LogP contribution in [-0.2, 0) is 18.1 Å². The summed E-state index contributed by atoms with van der Waals surface area (Å²) in [5.74, 6) is -1.00. The molecule has 0 amide bonds. The smallest absolute Gasteiger partial charge is 0.501 e. The van der Waals surface area contributed by atoms with Gasteiger partial charge in [-0.05, 0) is 20.0 Å². The average molecular weight is 376 g/mol. The van der Waals surface area contributed by atoms with E-state index in [9.17, 15) is 9.90 Å². The van der Waals surface area contributed by atoms with Gasteiger partial charge in [-0.25, -0.2) is 0 Å². The molecule has 0 atom stereocenters. The van der Waals surface area contributed by atoms with Crippen LogP contribution in [0.1, 0.15) is 6.42 Å². The predicted molar refractivity (Wildman–Crippen MR) is 93.8 cm³/mol. The lowest BCUT2D eigenvalue weighted by Crippen LogP contribution is -2.55. The van der Waals surface area contributed by atoms with Crippen LogP contribution in [0, 0.1) is 0 Å². The van der Waals surface area contributed by atoms with Crippen LogP contribution in [0.4, 0.5) is 0 Å². The lowest BCUT2D eigenvalue weighted by molar-refractivity contribution is -0.884. The van der Waals surface area contributed by atoms with Gasteiger partial charge < -0.3 is 32.6 Å². The van der Waals surface area contributed by atoms with Crippen LogP contribution in [0.15, 0.2) is 0 Å². The van der Waals surface area contributed by atoms with Gasteiger partial charge in [-0.1, -0.05) is 0 Å². The van der Waals surface area contributed by atoms with Gasteiger partial charge in [0.15, 0.2) is 0 Å². The van der Waals surface area contributed by atoms with E-state index >= 15 is 0 Å². The Morgan fingerprint density at radius 2 is 1.68 bits per heavy atom. The van der Waals surface area contributed by atoms with E-state index in [0.29, 0.717) is 24.3 Å². The summed E-state index contributed by atoms with van der Waals surface area (Å²) >= 11 is 0. The second-order valence-corrected chi connectivity index (χ2v) is 10.4. The molecule has 8 nitrogen and oxygen atoms in total. The second kappa shape index (κ2) is 9.40. The third kappa shape index (κ3) is 7.30. The van der Waals surface area contributed by atoms with Gasteiger partial charge >= 0.3 is 8.80 Å². The Kier molecular flexibility index (Phi) is 7.81. The Morgan fingerprint density at radius 1 is 1.12 bits per heavy atom. The van der Waals surface area contributed by atoms with Gasteiger partial charge in [-0.2, -0.15) is 0 Å². The van der Waals surface area contributed by atoms with E-state index in [1.807, 2.05) is 14.1 Å². The summed E-state index contributed by atoms with van der Waals surface area (Å²) in [5.41, 5.74) is 0. The minimum Gasteiger partial charge on any atom is -0.544 e. The van der Waals surface area contributed by atoms with Gasteiger partial charge in [-0.3, -0.25) is 4.90 Å². The van der Waals surface area contributed by atoms with E-state index in [1.165, 1.54) is 0 Å². The third-order valence-electron chi connectivity index (χ3n) is 4.86. The van der Waals surface area contributed by atoms with E-state index < -0.39 is 14.8 Å². The van der Waals surface area contributed by atoms with Crippen molar-refractivity contribution in [3.63, 3.8) is 0 Å². The molecular formula is C16H33N3O5Si. The Labute approximate surface area is 152 Å². The van der Waals surface area contributed by atoms with Crippen LogP contribution in [0.25, 0.3) is 0 Å². The van der Waals surface area contributed by atoms with Gasteiger partial charge in [0.2, 0.25) is 0 Å². The zero-order valence-corrected chi connectivity index (χ0v) is 16.9. The summed E-state index contributed by atoms with van der Waals surface area (Å²) in [4.78, 5) is 15.3. The topological polar surface area (TPSA) is 74.3 Å². The van der Waals surface area contributed by atoms with Crippen LogP contribution in [0.3, 0.4) is 0 Å². The Bertz CT molecular complexity index is 411. The van der Waals surface area contributed by atoms with E-state index in [-0.39, 0.29) is 6.54 Å². The van der Waals surface area contributed by atoms with Gasteiger partial charge in [0.1, 0.15) is 6.54 Å². The van der Waals surface area contributed by atoms with Crippen LogP contribution in [0.2, 0.25) is 6.04 Å². The number of hydrogen-bond donors (Lipinski definition) is 0. The maximum atomic E-state index is 10.8. The summed E-state index contributed by atoms with van der Waals surface area (Å²) in [6.07, 6.45) is 0.959. The van der Waals surface area contributed by atoms with E-state index in [0.717, 1.165) is 51.7 Å². The minimum atomic E-state index is -2.52. The largest absolute Gasteiger partial charge is 0.544 e. The first kappa shape index (κ1) is 20.8. The van der Waals surface area contributed by atoms with Crippen molar-refractivity contribution in [3.05, 3.63) is 0 Å². The van der Waals surface area contributed by atoms with Gasteiger partial charge in [-0.15, -0.1) is 0 Å². The van der Waals surface area contributed by atoms with Crippen molar-refractivity contribution in [1.82, 2.24) is 9.80 Å². The average Bonchev–Trinajstić information content (AvgIpc) is 2.44. The first-order valence-corrected chi connectivity index (χ1v) is 11.1. The Balaban J connectivity index is 1.72. The monoisotopic (exact) mass is 375 g/mol. The van der Waals surface area contributed by atoms with Gasteiger partial charge in [0.25, 0.3) is 0 Å². The summed E-state index contributed by atoms with van der Waals surface area (Å²) in [5, 5.41) is 10.8. The van der Waals surface area contributed by atoms with Crippen LogP contribution in [-0.4, -0.2) is 116 Å². The highest BCUT2D eigenvalue weighted by Crippen LogP contribution is 2.22. The number of carboxylic acid groups (broad SMARTS) is 1. The van der Waals surface area contributed by atoms with Crippen LogP contribution in [0.5, 0.6) is 0 Å². The number of rotatable bonds is 9. The second-order valence-electron chi connectivity index (χ2n) is 7.67. The fourth-order valence-corrected chi connectivity index (χ4v) is 5.70. The molecule has 0 aromatic rings. The molecule has 3 aliphatic heterocycles. The number of carboxylic acids is 1. The summed E-state index contributed by atoms with van der Waals surface area (Å²) in [6.45, 7) is 7.54. The van der Waals surface area contributed by atoms with E-state index in [1.54, 1.807) is 0 Å². The molecule has 3 fully saturated rings. The van der Waals surface area contributed by atoms with E-state index in [4.69, 9.17) is 13.3 Å². The SMILES string of the molecule is CN(CCC[Si]12OCCN(CCO1)CCO2)CC[N+](C)(C)CC(=O)[O-]. The predicted octanol–water partition coefficient (Wildman–Crippen LogP) is -1.55. The molecule has 0 saturated carbocycles. The zero-order valence-electron chi connectivity index (χ0n) is 15.9. The van der Waals surface area contributed by atoms with Crippen molar-refractivity contribution in [2.45, 2.75) is 12.5 Å². The van der Waals surface area contributed by atoms with E-state index in [2.05, 4.69) is 16.8 Å². The van der Waals surface area contributed by atoms with Crippen molar-refractivity contribution in [1.29, 1.82) is 0 Å². The van der Waals surface area contributed by atoms with Crippen LogP contribution >= 0.6 is 0 Å². The number of nitrogens with zero attached hydrogens (tertiary/aromatic N) is 3. The number of quaternary nitrogens is 1.